The summed E-state index contributed by atoms with van der Waals surface area (Å²) in [6.45, 7) is 16.2. The third-order valence-electron chi connectivity index (χ3n) is 4.66. The Labute approximate surface area is 124 Å². The second kappa shape index (κ2) is 5.38. The van der Waals surface area contributed by atoms with Crippen LogP contribution in [0.5, 0.6) is 0 Å². The van der Waals surface area contributed by atoms with Gasteiger partial charge in [0.2, 0.25) is 0 Å². The summed E-state index contributed by atoms with van der Waals surface area (Å²) in [5.41, 5.74) is 2.01. The minimum absolute atomic E-state index is 0.196. The zero-order valence-electron chi connectivity index (χ0n) is 14.0. The van der Waals surface area contributed by atoms with E-state index < -0.39 is 0 Å². The Kier molecular flexibility index (Phi) is 4.13. The number of pyridine rings is 1. The van der Waals surface area contributed by atoms with Crippen molar-refractivity contribution in [2.24, 2.45) is 11.3 Å². The molecule has 2 rings (SSSR count). The number of piperidine rings is 1. The Morgan fingerprint density at radius 3 is 2.15 bits per heavy atom. The highest BCUT2D eigenvalue weighted by molar-refractivity contribution is 5.43. The van der Waals surface area contributed by atoms with Gasteiger partial charge in [-0.05, 0) is 47.3 Å². The van der Waals surface area contributed by atoms with E-state index in [4.69, 9.17) is 0 Å². The SMILES string of the molecule is CC(C)(C)c1ccnc(N2CCC(C(C)(C)C)CC2)c1. The zero-order valence-corrected chi connectivity index (χ0v) is 14.0. The predicted octanol–water partition coefficient (Wildman–Crippen LogP) is 4.64. The van der Waals surface area contributed by atoms with Gasteiger partial charge in [-0.3, -0.25) is 0 Å². The highest BCUT2D eigenvalue weighted by atomic mass is 15.2. The molecule has 0 N–H and O–H groups in total. The van der Waals surface area contributed by atoms with Crippen LogP contribution in [0.1, 0.15) is 59.9 Å². The van der Waals surface area contributed by atoms with Gasteiger partial charge in [-0.2, -0.15) is 0 Å². The van der Waals surface area contributed by atoms with Crippen LogP contribution in [0.25, 0.3) is 0 Å². The Bertz CT molecular complexity index is 443. The molecule has 0 bridgehead atoms. The predicted molar refractivity (Wildman–Crippen MR) is 87.3 cm³/mol. The van der Waals surface area contributed by atoms with Gasteiger partial charge in [0.05, 0.1) is 0 Å². The van der Waals surface area contributed by atoms with Gasteiger partial charge in [-0.15, -0.1) is 0 Å². The highest BCUT2D eigenvalue weighted by Crippen LogP contribution is 2.35. The lowest BCUT2D eigenvalue weighted by Gasteiger charge is -2.39. The molecule has 0 amide bonds. The van der Waals surface area contributed by atoms with E-state index in [0.717, 1.165) is 24.8 Å². The van der Waals surface area contributed by atoms with Crippen molar-refractivity contribution >= 4 is 5.82 Å². The maximum absolute atomic E-state index is 4.59. The van der Waals surface area contributed by atoms with Gasteiger partial charge in [0, 0.05) is 19.3 Å². The molecule has 0 spiro atoms. The second-order valence-electron chi connectivity index (χ2n) is 8.28. The van der Waals surface area contributed by atoms with E-state index in [9.17, 15) is 0 Å². The molecule has 0 aliphatic carbocycles. The third-order valence-corrected chi connectivity index (χ3v) is 4.66. The van der Waals surface area contributed by atoms with Crippen LogP contribution in [-0.2, 0) is 5.41 Å². The number of anilines is 1. The van der Waals surface area contributed by atoms with E-state index in [0.29, 0.717) is 5.41 Å². The number of nitrogens with zero attached hydrogens (tertiary/aromatic N) is 2. The van der Waals surface area contributed by atoms with E-state index in [-0.39, 0.29) is 5.41 Å². The number of hydrogen-bond donors (Lipinski definition) is 0. The van der Waals surface area contributed by atoms with E-state index in [1.807, 2.05) is 6.20 Å². The largest absolute Gasteiger partial charge is 0.357 e. The van der Waals surface area contributed by atoms with Gasteiger partial charge in [0.25, 0.3) is 0 Å². The van der Waals surface area contributed by atoms with Crippen LogP contribution in [0, 0.1) is 11.3 Å². The smallest absolute Gasteiger partial charge is 0.128 e. The molecule has 2 nitrogen and oxygen atoms in total. The van der Waals surface area contributed by atoms with Crippen LogP contribution < -0.4 is 4.90 Å². The molecule has 0 radical (unpaired) electrons. The van der Waals surface area contributed by atoms with E-state index in [2.05, 4.69) is 63.6 Å². The monoisotopic (exact) mass is 274 g/mol. The van der Waals surface area contributed by atoms with Crippen LogP contribution in [-0.4, -0.2) is 18.1 Å². The molecule has 0 unspecified atom stereocenters. The number of rotatable bonds is 1. The minimum Gasteiger partial charge on any atom is -0.357 e. The molecule has 112 valence electrons. The molecule has 1 aromatic heterocycles. The maximum atomic E-state index is 4.59. The summed E-state index contributed by atoms with van der Waals surface area (Å²) in [4.78, 5) is 7.05. The number of hydrogen-bond acceptors (Lipinski definition) is 2. The lowest BCUT2D eigenvalue weighted by molar-refractivity contribution is 0.198. The summed E-state index contributed by atoms with van der Waals surface area (Å²) in [7, 11) is 0. The number of aromatic nitrogens is 1. The van der Waals surface area contributed by atoms with Gasteiger partial charge < -0.3 is 4.90 Å². The Morgan fingerprint density at radius 1 is 1.05 bits per heavy atom. The van der Waals surface area contributed by atoms with Gasteiger partial charge in [-0.25, -0.2) is 4.98 Å². The van der Waals surface area contributed by atoms with Gasteiger partial charge in [-0.1, -0.05) is 41.5 Å². The van der Waals surface area contributed by atoms with Crippen molar-refractivity contribution in [2.75, 3.05) is 18.0 Å². The topological polar surface area (TPSA) is 16.1 Å². The molecular weight excluding hydrogens is 244 g/mol. The Balaban J connectivity index is 2.08. The molecule has 1 aromatic rings. The van der Waals surface area contributed by atoms with Crippen molar-refractivity contribution in [1.82, 2.24) is 4.98 Å². The van der Waals surface area contributed by atoms with Crippen molar-refractivity contribution in [3.63, 3.8) is 0 Å². The van der Waals surface area contributed by atoms with Crippen LogP contribution in [0.4, 0.5) is 5.82 Å². The summed E-state index contributed by atoms with van der Waals surface area (Å²) in [5, 5.41) is 0. The molecule has 1 aliphatic heterocycles. The fraction of sp³-hybridized carbons (Fsp3) is 0.722. The lowest BCUT2D eigenvalue weighted by Crippen LogP contribution is -2.38. The van der Waals surface area contributed by atoms with Crippen LogP contribution >= 0.6 is 0 Å². The average molecular weight is 274 g/mol. The molecule has 1 aliphatic rings. The first-order valence-electron chi connectivity index (χ1n) is 7.89. The highest BCUT2D eigenvalue weighted by Gasteiger charge is 2.29. The first-order chi connectivity index (χ1) is 9.18. The molecule has 2 heterocycles. The van der Waals surface area contributed by atoms with Gasteiger partial charge >= 0.3 is 0 Å². The fourth-order valence-electron chi connectivity index (χ4n) is 3.03. The van der Waals surface area contributed by atoms with E-state index >= 15 is 0 Å². The van der Waals surface area contributed by atoms with Crippen molar-refractivity contribution in [3.05, 3.63) is 23.9 Å². The van der Waals surface area contributed by atoms with Crippen LogP contribution in [0.3, 0.4) is 0 Å². The summed E-state index contributed by atoms with van der Waals surface area (Å²) in [6, 6.07) is 4.42. The first kappa shape index (κ1) is 15.3. The van der Waals surface area contributed by atoms with Gasteiger partial charge in [0.1, 0.15) is 5.82 Å². The molecule has 2 heteroatoms. The lowest BCUT2D eigenvalue weighted by atomic mass is 9.75. The minimum atomic E-state index is 0.196. The quantitative estimate of drug-likeness (QED) is 0.741. The fourth-order valence-corrected chi connectivity index (χ4v) is 3.03. The zero-order chi connectivity index (χ0) is 15.0. The van der Waals surface area contributed by atoms with Crippen molar-refractivity contribution in [2.45, 2.75) is 59.8 Å². The third kappa shape index (κ3) is 3.53. The summed E-state index contributed by atoms with van der Waals surface area (Å²) < 4.78 is 0. The van der Waals surface area contributed by atoms with Gasteiger partial charge in [0.15, 0.2) is 0 Å². The average Bonchev–Trinajstić information content (AvgIpc) is 2.37. The van der Waals surface area contributed by atoms with Crippen LogP contribution in [0.2, 0.25) is 0 Å². The van der Waals surface area contributed by atoms with Crippen molar-refractivity contribution in [3.8, 4) is 0 Å². The molecule has 0 aromatic carbocycles. The maximum Gasteiger partial charge on any atom is 0.128 e. The first-order valence-corrected chi connectivity index (χ1v) is 7.89. The molecular formula is C18H30N2. The van der Waals surface area contributed by atoms with E-state index in [1.165, 1.54) is 18.4 Å². The Morgan fingerprint density at radius 2 is 1.65 bits per heavy atom. The second-order valence-corrected chi connectivity index (χ2v) is 8.28. The molecule has 1 fully saturated rings. The van der Waals surface area contributed by atoms with Crippen molar-refractivity contribution < 1.29 is 0 Å². The summed E-state index contributed by atoms with van der Waals surface area (Å²) in [5.74, 6) is 1.99. The summed E-state index contributed by atoms with van der Waals surface area (Å²) >= 11 is 0. The Hall–Kier alpha value is -1.05. The van der Waals surface area contributed by atoms with Crippen molar-refractivity contribution in [1.29, 1.82) is 0 Å². The van der Waals surface area contributed by atoms with Crippen LogP contribution in [0.15, 0.2) is 18.3 Å². The molecule has 0 atom stereocenters. The standard InChI is InChI=1S/C18H30N2/c1-17(2,3)14-8-11-20(12-9-14)16-13-15(7-10-19-16)18(4,5)6/h7,10,13-14H,8-9,11-12H2,1-6H3. The van der Waals surface area contributed by atoms with E-state index in [1.54, 1.807) is 0 Å². The molecule has 20 heavy (non-hydrogen) atoms. The molecule has 1 saturated heterocycles. The normalized spacial score (nSPS) is 18.4. The summed E-state index contributed by atoms with van der Waals surface area (Å²) in [6.07, 6.45) is 4.53. The molecule has 0 saturated carbocycles.